The molecule has 0 unspecified atom stereocenters. The molecule has 0 aliphatic heterocycles. The molecule has 0 heterocycles. The number of benzene rings is 2. The van der Waals surface area contributed by atoms with E-state index in [2.05, 4.69) is 5.32 Å². The van der Waals surface area contributed by atoms with Gasteiger partial charge in [0.15, 0.2) is 0 Å². The first kappa shape index (κ1) is 19.8. The van der Waals surface area contributed by atoms with Gasteiger partial charge in [0.25, 0.3) is 0 Å². The highest BCUT2D eigenvalue weighted by molar-refractivity contribution is 7.92. The van der Waals surface area contributed by atoms with E-state index in [1.165, 1.54) is 0 Å². The van der Waals surface area contributed by atoms with Gasteiger partial charge in [-0.2, -0.15) is 0 Å². The summed E-state index contributed by atoms with van der Waals surface area (Å²) in [6, 6.07) is 14.1. The van der Waals surface area contributed by atoms with Crippen LogP contribution >= 0.6 is 0 Å². The first-order chi connectivity index (χ1) is 12.3. The van der Waals surface area contributed by atoms with E-state index < -0.39 is 15.9 Å². The Morgan fingerprint density at radius 2 is 1.65 bits per heavy atom. The Morgan fingerprint density at radius 1 is 1.04 bits per heavy atom. The fourth-order valence-electron chi connectivity index (χ4n) is 2.43. The third-order valence-corrected chi connectivity index (χ3v) is 4.91. The maximum Gasteiger partial charge on any atom is 0.245 e. The second kappa shape index (κ2) is 8.71. The van der Waals surface area contributed by atoms with E-state index in [4.69, 9.17) is 4.74 Å². The number of hydrogen-bond donors (Lipinski definition) is 1. The maximum atomic E-state index is 12.3. The lowest BCUT2D eigenvalue weighted by atomic mass is 10.1. The summed E-state index contributed by atoms with van der Waals surface area (Å²) in [7, 11) is -3.59. The Hall–Kier alpha value is -2.54. The van der Waals surface area contributed by atoms with E-state index >= 15 is 0 Å². The van der Waals surface area contributed by atoms with Gasteiger partial charge in [-0.25, -0.2) is 8.42 Å². The maximum absolute atomic E-state index is 12.3. The first-order valence-corrected chi connectivity index (χ1v) is 10.3. The predicted molar refractivity (Wildman–Crippen MR) is 104 cm³/mol. The normalized spacial score (nSPS) is 11.0. The average Bonchev–Trinajstić information content (AvgIpc) is 2.61. The fraction of sp³-hybridized carbons (Fsp3) is 0.316. The van der Waals surface area contributed by atoms with Crippen molar-refractivity contribution >= 4 is 27.3 Å². The molecule has 0 fully saturated rings. The standard InChI is InChI=1S/C19H24N2O4S/c1-4-15-6-10-17(11-7-15)21(26(3,23)24)14-19(22)20-16-8-12-18(13-9-16)25-5-2/h6-13H,4-5,14H2,1-3H3,(H,20,22). The molecule has 0 aliphatic carbocycles. The fourth-order valence-corrected chi connectivity index (χ4v) is 3.29. The van der Waals surface area contributed by atoms with Crippen LogP contribution in [0.25, 0.3) is 0 Å². The zero-order valence-electron chi connectivity index (χ0n) is 15.2. The van der Waals surface area contributed by atoms with E-state index in [9.17, 15) is 13.2 Å². The lowest BCUT2D eigenvalue weighted by molar-refractivity contribution is -0.114. The van der Waals surface area contributed by atoms with Gasteiger partial charge in [-0.15, -0.1) is 0 Å². The van der Waals surface area contributed by atoms with Crippen LogP contribution in [-0.4, -0.2) is 33.7 Å². The molecule has 1 amide bonds. The molecule has 0 bridgehead atoms. The highest BCUT2D eigenvalue weighted by atomic mass is 32.2. The number of carbonyl (C=O) groups excluding carboxylic acids is 1. The topological polar surface area (TPSA) is 75.7 Å². The van der Waals surface area contributed by atoms with Gasteiger partial charge in [0.2, 0.25) is 15.9 Å². The van der Waals surface area contributed by atoms with Gasteiger partial charge in [0.1, 0.15) is 12.3 Å². The highest BCUT2D eigenvalue weighted by Gasteiger charge is 2.20. The number of aryl methyl sites for hydroxylation is 1. The third kappa shape index (κ3) is 5.49. The molecule has 0 radical (unpaired) electrons. The molecule has 0 atom stereocenters. The summed E-state index contributed by atoms with van der Waals surface area (Å²) >= 11 is 0. The number of hydrogen-bond acceptors (Lipinski definition) is 4. The summed E-state index contributed by atoms with van der Waals surface area (Å²) in [4.78, 5) is 12.3. The lowest BCUT2D eigenvalue weighted by Gasteiger charge is -2.22. The minimum Gasteiger partial charge on any atom is -0.494 e. The van der Waals surface area contributed by atoms with Crippen molar-refractivity contribution in [2.45, 2.75) is 20.3 Å². The van der Waals surface area contributed by atoms with Gasteiger partial charge in [0, 0.05) is 5.69 Å². The monoisotopic (exact) mass is 376 g/mol. The van der Waals surface area contributed by atoms with Crippen LogP contribution in [0.2, 0.25) is 0 Å². The van der Waals surface area contributed by atoms with Gasteiger partial charge in [-0.05, 0) is 55.3 Å². The third-order valence-electron chi connectivity index (χ3n) is 3.77. The predicted octanol–water partition coefficient (Wildman–Crippen LogP) is 3.05. The van der Waals surface area contributed by atoms with Gasteiger partial charge in [-0.1, -0.05) is 19.1 Å². The van der Waals surface area contributed by atoms with Crippen molar-refractivity contribution < 1.29 is 17.9 Å². The molecule has 140 valence electrons. The van der Waals surface area contributed by atoms with Crippen molar-refractivity contribution in [2.24, 2.45) is 0 Å². The SMILES string of the molecule is CCOc1ccc(NC(=O)CN(c2ccc(CC)cc2)S(C)(=O)=O)cc1. The molecule has 2 aromatic rings. The first-order valence-electron chi connectivity index (χ1n) is 8.42. The summed E-state index contributed by atoms with van der Waals surface area (Å²) in [5, 5.41) is 2.71. The van der Waals surface area contributed by atoms with E-state index in [0.29, 0.717) is 23.7 Å². The zero-order chi connectivity index (χ0) is 19.2. The molecule has 0 aromatic heterocycles. The smallest absolute Gasteiger partial charge is 0.245 e. The average molecular weight is 376 g/mol. The zero-order valence-corrected chi connectivity index (χ0v) is 16.0. The minimum absolute atomic E-state index is 0.294. The Morgan fingerprint density at radius 3 is 2.15 bits per heavy atom. The Kier molecular flexibility index (Phi) is 6.63. The van der Waals surface area contributed by atoms with Crippen molar-refractivity contribution in [3.63, 3.8) is 0 Å². The van der Waals surface area contributed by atoms with Gasteiger partial charge in [0.05, 0.1) is 18.6 Å². The summed E-state index contributed by atoms with van der Waals surface area (Å²) in [6.45, 7) is 4.18. The van der Waals surface area contributed by atoms with Gasteiger partial charge >= 0.3 is 0 Å². The number of sulfonamides is 1. The number of nitrogens with one attached hydrogen (secondary N) is 1. The Bertz CT molecular complexity index is 831. The summed E-state index contributed by atoms with van der Waals surface area (Å²) in [6.07, 6.45) is 1.95. The van der Waals surface area contributed by atoms with Crippen molar-refractivity contribution in [3.05, 3.63) is 54.1 Å². The molecule has 2 rings (SSSR count). The van der Waals surface area contributed by atoms with E-state index in [-0.39, 0.29) is 6.54 Å². The van der Waals surface area contributed by atoms with E-state index in [1.54, 1.807) is 36.4 Å². The van der Waals surface area contributed by atoms with Gasteiger partial charge in [-0.3, -0.25) is 9.10 Å². The summed E-state index contributed by atoms with van der Waals surface area (Å²) in [5.41, 5.74) is 2.14. The minimum atomic E-state index is -3.59. The van der Waals surface area contributed by atoms with Crippen LogP contribution < -0.4 is 14.4 Å². The molecule has 1 N–H and O–H groups in total. The van der Waals surface area contributed by atoms with Crippen LogP contribution in [0, 0.1) is 0 Å². The number of anilines is 2. The molecular weight excluding hydrogens is 352 g/mol. The van der Waals surface area contributed by atoms with Crippen LogP contribution in [0.5, 0.6) is 5.75 Å². The highest BCUT2D eigenvalue weighted by Crippen LogP contribution is 2.19. The second-order valence-electron chi connectivity index (χ2n) is 5.80. The summed E-state index contributed by atoms with van der Waals surface area (Å²) in [5.74, 6) is 0.290. The summed E-state index contributed by atoms with van der Waals surface area (Å²) < 4.78 is 30.7. The van der Waals surface area contributed by atoms with Crippen LogP contribution in [0.4, 0.5) is 11.4 Å². The van der Waals surface area contributed by atoms with Crippen molar-refractivity contribution in [1.29, 1.82) is 0 Å². The van der Waals surface area contributed by atoms with Crippen LogP contribution in [-0.2, 0) is 21.2 Å². The van der Waals surface area contributed by atoms with Crippen LogP contribution in [0.15, 0.2) is 48.5 Å². The van der Waals surface area contributed by atoms with Crippen LogP contribution in [0.1, 0.15) is 19.4 Å². The molecule has 0 saturated carbocycles. The van der Waals surface area contributed by atoms with Crippen LogP contribution in [0.3, 0.4) is 0 Å². The Labute approximate surface area is 154 Å². The van der Waals surface area contributed by atoms with Crippen molar-refractivity contribution in [1.82, 2.24) is 0 Å². The number of rotatable bonds is 8. The molecule has 26 heavy (non-hydrogen) atoms. The molecule has 7 heteroatoms. The van der Waals surface area contributed by atoms with Crippen molar-refractivity contribution in [3.8, 4) is 5.75 Å². The molecule has 0 aliphatic rings. The molecule has 0 spiro atoms. The van der Waals surface area contributed by atoms with E-state index in [0.717, 1.165) is 22.5 Å². The number of ether oxygens (including phenoxy) is 1. The molecule has 2 aromatic carbocycles. The molecule has 6 nitrogen and oxygen atoms in total. The number of amides is 1. The molecular formula is C19H24N2O4S. The Balaban J connectivity index is 2.11. The number of carbonyl (C=O) groups is 1. The second-order valence-corrected chi connectivity index (χ2v) is 7.70. The van der Waals surface area contributed by atoms with E-state index in [1.807, 2.05) is 26.0 Å². The quantitative estimate of drug-likeness (QED) is 0.768. The van der Waals surface area contributed by atoms with Gasteiger partial charge < -0.3 is 10.1 Å². The largest absolute Gasteiger partial charge is 0.494 e. The number of nitrogens with zero attached hydrogens (tertiary/aromatic N) is 1. The van der Waals surface area contributed by atoms with Crippen molar-refractivity contribution in [2.75, 3.05) is 29.0 Å². The lowest BCUT2D eigenvalue weighted by Crippen LogP contribution is -2.37. The molecule has 0 saturated heterocycles.